The fourth-order valence-corrected chi connectivity index (χ4v) is 0.910. The third-order valence-corrected chi connectivity index (χ3v) is 1.68. The molecule has 1 aromatic heterocycles. The Bertz CT molecular complexity index is 346. The van der Waals surface area contributed by atoms with Crippen molar-refractivity contribution >= 4 is 11.6 Å². The van der Waals surface area contributed by atoms with Crippen molar-refractivity contribution in [3.8, 4) is 0 Å². The topological polar surface area (TPSA) is 90.1 Å². The van der Waals surface area contributed by atoms with E-state index in [-0.39, 0.29) is 18.0 Å². The quantitative estimate of drug-likeness (QED) is 0.541. The number of nitrogens with zero attached hydrogens (tertiary/aromatic N) is 3. The second kappa shape index (κ2) is 4.35. The van der Waals surface area contributed by atoms with E-state index in [4.69, 9.17) is 0 Å². The monoisotopic (exact) mass is 198 g/mol. The minimum Gasteiger partial charge on any atom is -0.359 e. The van der Waals surface area contributed by atoms with Crippen molar-refractivity contribution in [2.45, 2.75) is 13.0 Å². The van der Waals surface area contributed by atoms with Gasteiger partial charge in [0.1, 0.15) is 12.4 Å². The molecule has 7 heteroatoms. The number of rotatable bonds is 4. The minimum atomic E-state index is -0.524. The maximum absolute atomic E-state index is 10.8. The van der Waals surface area contributed by atoms with Crippen LogP contribution in [0, 0.1) is 10.1 Å². The van der Waals surface area contributed by atoms with Crippen LogP contribution in [-0.2, 0) is 11.3 Å². The molecule has 1 amide bonds. The Morgan fingerprint density at radius 1 is 1.79 bits per heavy atom. The van der Waals surface area contributed by atoms with Crippen LogP contribution < -0.4 is 5.32 Å². The van der Waals surface area contributed by atoms with Crippen LogP contribution in [0.15, 0.2) is 12.4 Å². The van der Waals surface area contributed by atoms with E-state index in [1.165, 1.54) is 17.9 Å². The van der Waals surface area contributed by atoms with Crippen LogP contribution in [0.1, 0.15) is 6.42 Å². The molecule has 14 heavy (non-hydrogen) atoms. The van der Waals surface area contributed by atoms with Crippen LogP contribution in [-0.4, -0.2) is 27.7 Å². The molecule has 1 heterocycles. The van der Waals surface area contributed by atoms with E-state index in [0.717, 1.165) is 6.20 Å². The van der Waals surface area contributed by atoms with Crippen molar-refractivity contribution in [3.63, 3.8) is 0 Å². The van der Waals surface area contributed by atoms with E-state index < -0.39 is 4.92 Å². The highest BCUT2D eigenvalue weighted by atomic mass is 16.6. The highest BCUT2D eigenvalue weighted by Gasteiger charge is 2.08. The van der Waals surface area contributed by atoms with Crippen LogP contribution in [0.2, 0.25) is 0 Å². The first kappa shape index (κ1) is 10.2. The summed E-state index contributed by atoms with van der Waals surface area (Å²) in [6.45, 7) is 0.341. The molecule has 0 radical (unpaired) electrons. The summed E-state index contributed by atoms with van der Waals surface area (Å²) < 4.78 is 1.37. The summed E-state index contributed by atoms with van der Waals surface area (Å²) in [6, 6.07) is 0. The number of carbonyl (C=O) groups is 1. The van der Waals surface area contributed by atoms with Gasteiger partial charge in [-0.3, -0.25) is 19.6 Å². The highest BCUT2D eigenvalue weighted by Crippen LogP contribution is 2.07. The van der Waals surface area contributed by atoms with Gasteiger partial charge in [0.05, 0.1) is 4.92 Å². The number of nitro groups is 1. The van der Waals surface area contributed by atoms with Gasteiger partial charge in [0.2, 0.25) is 5.91 Å². The van der Waals surface area contributed by atoms with Crippen LogP contribution >= 0.6 is 0 Å². The second-order valence-electron chi connectivity index (χ2n) is 2.64. The van der Waals surface area contributed by atoms with Gasteiger partial charge in [-0.1, -0.05) is 0 Å². The zero-order chi connectivity index (χ0) is 10.6. The van der Waals surface area contributed by atoms with Gasteiger partial charge in [-0.15, -0.1) is 0 Å². The van der Waals surface area contributed by atoms with Crippen molar-refractivity contribution in [3.05, 3.63) is 22.5 Å². The number of hydrogen-bond donors (Lipinski definition) is 1. The van der Waals surface area contributed by atoms with Crippen molar-refractivity contribution < 1.29 is 9.72 Å². The molecule has 0 saturated carbocycles. The number of nitrogens with one attached hydrogen (secondary N) is 1. The van der Waals surface area contributed by atoms with Crippen LogP contribution in [0.4, 0.5) is 5.69 Å². The first-order valence-electron chi connectivity index (χ1n) is 4.01. The molecule has 0 aliphatic rings. The number of carbonyl (C=O) groups excluding carboxylic acids is 1. The zero-order valence-corrected chi connectivity index (χ0v) is 7.64. The van der Waals surface area contributed by atoms with Crippen molar-refractivity contribution in [2.75, 3.05) is 7.05 Å². The van der Waals surface area contributed by atoms with E-state index in [1.54, 1.807) is 0 Å². The number of aromatic nitrogens is 2. The Hall–Kier alpha value is -1.92. The molecular weight excluding hydrogens is 188 g/mol. The van der Waals surface area contributed by atoms with Crippen LogP contribution in [0.5, 0.6) is 0 Å². The number of amides is 1. The summed E-state index contributed by atoms with van der Waals surface area (Å²) >= 11 is 0. The molecule has 0 bridgehead atoms. The molecule has 0 spiro atoms. The van der Waals surface area contributed by atoms with Gasteiger partial charge in [-0.2, -0.15) is 5.10 Å². The van der Waals surface area contributed by atoms with E-state index in [9.17, 15) is 14.9 Å². The predicted molar refractivity (Wildman–Crippen MR) is 47.6 cm³/mol. The molecule has 7 nitrogen and oxygen atoms in total. The molecule has 0 aliphatic heterocycles. The second-order valence-corrected chi connectivity index (χ2v) is 2.64. The summed E-state index contributed by atoms with van der Waals surface area (Å²) in [5.74, 6) is -0.122. The summed E-state index contributed by atoms with van der Waals surface area (Å²) in [4.78, 5) is 20.6. The van der Waals surface area contributed by atoms with E-state index in [2.05, 4.69) is 10.4 Å². The Morgan fingerprint density at radius 2 is 2.50 bits per heavy atom. The molecule has 1 aromatic rings. The first-order valence-corrected chi connectivity index (χ1v) is 4.01. The smallest absolute Gasteiger partial charge is 0.306 e. The number of hydrogen-bond acceptors (Lipinski definition) is 4. The summed E-state index contributed by atoms with van der Waals surface area (Å²) in [7, 11) is 1.54. The predicted octanol–water partition coefficient (Wildman–Crippen LogP) is -0.0726. The lowest BCUT2D eigenvalue weighted by atomic mass is 10.4. The molecule has 1 N–H and O–H groups in total. The maximum atomic E-state index is 10.8. The average Bonchev–Trinajstić information content (AvgIpc) is 2.62. The van der Waals surface area contributed by atoms with Gasteiger partial charge < -0.3 is 5.32 Å². The molecule has 0 unspecified atom stereocenters. The molecule has 76 valence electrons. The Kier molecular flexibility index (Phi) is 3.16. The third kappa shape index (κ3) is 2.54. The lowest BCUT2D eigenvalue weighted by Gasteiger charge is -1.98. The fraction of sp³-hybridized carbons (Fsp3) is 0.429. The Labute approximate surface area is 79.9 Å². The summed E-state index contributed by atoms with van der Waals surface area (Å²) in [5, 5.41) is 16.5. The number of aryl methyl sites for hydroxylation is 1. The standard InChI is InChI=1S/C7H10N4O3/c1-8-7(12)2-3-10-5-6(4-9-10)11(13)14/h4-5H,2-3H2,1H3,(H,8,12). The molecule has 0 saturated heterocycles. The molecular formula is C7H10N4O3. The fourth-order valence-electron chi connectivity index (χ4n) is 0.910. The molecule has 0 aliphatic carbocycles. The SMILES string of the molecule is CNC(=O)CCn1cc([N+](=O)[O-])cn1. The van der Waals surface area contributed by atoms with Crippen molar-refractivity contribution in [2.24, 2.45) is 0 Å². The lowest BCUT2D eigenvalue weighted by Crippen LogP contribution is -2.19. The largest absolute Gasteiger partial charge is 0.359 e. The first-order chi connectivity index (χ1) is 6.63. The summed E-state index contributed by atoms with van der Waals surface area (Å²) in [5.41, 5.74) is -0.0677. The zero-order valence-electron chi connectivity index (χ0n) is 7.64. The minimum absolute atomic E-state index is 0.0677. The third-order valence-electron chi connectivity index (χ3n) is 1.68. The average molecular weight is 198 g/mol. The molecule has 0 atom stereocenters. The molecule has 0 fully saturated rings. The van der Waals surface area contributed by atoms with Crippen LogP contribution in [0.25, 0.3) is 0 Å². The van der Waals surface area contributed by atoms with Crippen molar-refractivity contribution in [1.82, 2.24) is 15.1 Å². The maximum Gasteiger partial charge on any atom is 0.306 e. The van der Waals surface area contributed by atoms with Gasteiger partial charge in [-0.25, -0.2) is 0 Å². The van der Waals surface area contributed by atoms with Gasteiger partial charge in [0.15, 0.2) is 0 Å². The van der Waals surface area contributed by atoms with Gasteiger partial charge in [-0.05, 0) is 0 Å². The summed E-state index contributed by atoms with van der Waals surface area (Å²) in [6.07, 6.45) is 2.71. The van der Waals surface area contributed by atoms with Gasteiger partial charge in [0.25, 0.3) is 0 Å². The lowest BCUT2D eigenvalue weighted by molar-refractivity contribution is -0.385. The van der Waals surface area contributed by atoms with Crippen molar-refractivity contribution in [1.29, 1.82) is 0 Å². The Morgan fingerprint density at radius 3 is 3.00 bits per heavy atom. The Balaban J connectivity index is 2.52. The van der Waals surface area contributed by atoms with Gasteiger partial charge in [0, 0.05) is 20.0 Å². The van der Waals surface area contributed by atoms with Gasteiger partial charge >= 0.3 is 5.69 Å². The van der Waals surface area contributed by atoms with E-state index in [1.807, 2.05) is 0 Å². The van der Waals surface area contributed by atoms with E-state index >= 15 is 0 Å². The van der Waals surface area contributed by atoms with Crippen LogP contribution in [0.3, 0.4) is 0 Å². The normalized spacial score (nSPS) is 9.79. The molecule has 0 aromatic carbocycles. The molecule has 1 rings (SSSR count). The van der Waals surface area contributed by atoms with E-state index in [0.29, 0.717) is 6.54 Å². The highest BCUT2D eigenvalue weighted by molar-refractivity contribution is 5.75.